The number of sulfonamides is 1. The lowest BCUT2D eigenvalue weighted by atomic mass is 9.93. The van der Waals surface area contributed by atoms with Crippen molar-refractivity contribution >= 4 is 33.2 Å². The highest BCUT2D eigenvalue weighted by molar-refractivity contribution is 7.93. The summed E-state index contributed by atoms with van der Waals surface area (Å²) in [6.45, 7) is 2.13. The molecule has 8 nitrogen and oxygen atoms in total. The van der Waals surface area contributed by atoms with Crippen LogP contribution in [0.5, 0.6) is 17.4 Å². The first-order chi connectivity index (χ1) is 15.8. The number of benzene rings is 2. The van der Waals surface area contributed by atoms with Gasteiger partial charge in [0, 0.05) is 22.8 Å². The molecular formula is C23H21ClN2O6S. The fraction of sp³-hybridized carbons (Fsp3) is 0.217. The maximum atomic E-state index is 13.8. The van der Waals surface area contributed by atoms with E-state index in [0.29, 0.717) is 28.5 Å². The van der Waals surface area contributed by atoms with Crippen molar-refractivity contribution in [3.05, 3.63) is 70.9 Å². The maximum Gasteiger partial charge on any atom is 0.274 e. The zero-order valence-corrected chi connectivity index (χ0v) is 19.7. The molecule has 1 aromatic heterocycles. The molecule has 10 heteroatoms. The van der Waals surface area contributed by atoms with E-state index in [2.05, 4.69) is 4.98 Å². The van der Waals surface area contributed by atoms with E-state index in [9.17, 15) is 13.2 Å². The molecule has 1 aliphatic rings. The molecule has 2 heterocycles. The lowest BCUT2D eigenvalue weighted by Gasteiger charge is -2.20. The van der Waals surface area contributed by atoms with Crippen LogP contribution in [0.3, 0.4) is 0 Å². The van der Waals surface area contributed by atoms with Gasteiger partial charge >= 0.3 is 0 Å². The van der Waals surface area contributed by atoms with Crippen LogP contribution in [0.15, 0.2) is 59.6 Å². The van der Waals surface area contributed by atoms with E-state index in [1.807, 2.05) is 0 Å². The van der Waals surface area contributed by atoms with Crippen LogP contribution in [0, 0.1) is 0 Å². The highest BCUT2D eigenvalue weighted by Gasteiger charge is 2.47. The number of anilines is 1. The van der Waals surface area contributed by atoms with Crippen molar-refractivity contribution in [3.8, 4) is 17.4 Å². The normalized spacial score (nSPS) is 15.3. The molecule has 1 atom stereocenters. The van der Waals surface area contributed by atoms with E-state index in [1.54, 1.807) is 31.3 Å². The fourth-order valence-electron chi connectivity index (χ4n) is 3.83. The second-order valence-corrected chi connectivity index (χ2v) is 9.28. The SMILES string of the molecule is CCOc1ncccc1C1C(=O)N(S(=O)(=O)c2ccc(OC)cc2OC)c2ccc(Cl)cc21. The van der Waals surface area contributed by atoms with Gasteiger partial charge in [0.15, 0.2) is 0 Å². The molecule has 33 heavy (non-hydrogen) atoms. The number of hydrogen-bond donors (Lipinski definition) is 0. The summed E-state index contributed by atoms with van der Waals surface area (Å²) in [4.78, 5) is 17.8. The van der Waals surface area contributed by atoms with Gasteiger partial charge in [0.05, 0.1) is 32.4 Å². The Morgan fingerprint density at radius 1 is 1.06 bits per heavy atom. The van der Waals surface area contributed by atoms with Crippen molar-refractivity contribution in [2.75, 3.05) is 25.1 Å². The number of hydrogen-bond acceptors (Lipinski definition) is 7. The first kappa shape index (κ1) is 22.9. The number of carbonyl (C=O) groups excluding carboxylic acids is 1. The van der Waals surface area contributed by atoms with Gasteiger partial charge in [-0.3, -0.25) is 4.79 Å². The minimum atomic E-state index is -4.35. The van der Waals surface area contributed by atoms with Crippen LogP contribution >= 0.6 is 11.6 Å². The van der Waals surface area contributed by atoms with Gasteiger partial charge in [-0.05, 0) is 48.9 Å². The molecule has 0 spiro atoms. The Bertz CT molecular complexity index is 1330. The highest BCUT2D eigenvalue weighted by atomic mass is 35.5. The minimum Gasteiger partial charge on any atom is -0.497 e. The molecule has 1 amide bonds. The van der Waals surface area contributed by atoms with Crippen LogP contribution in [-0.4, -0.2) is 40.1 Å². The number of carbonyl (C=O) groups is 1. The average Bonchev–Trinajstić information content (AvgIpc) is 3.10. The molecule has 0 saturated heterocycles. The Kier molecular flexibility index (Phi) is 6.18. The Morgan fingerprint density at radius 2 is 1.85 bits per heavy atom. The van der Waals surface area contributed by atoms with Crippen LogP contribution in [0.4, 0.5) is 5.69 Å². The van der Waals surface area contributed by atoms with Gasteiger partial charge in [-0.2, -0.15) is 0 Å². The monoisotopic (exact) mass is 488 g/mol. The molecule has 3 aromatic rings. The van der Waals surface area contributed by atoms with Crippen molar-refractivity contribution in [1.29, 1.82) is 0 Å². The van der Waals surface area contributed by atoms with Crippen molar-refractivity contribution in [2.45, 2.75) is 17.7 Å². The van der Waals surface area contributed by atoms with Gasteiger partial charge in [-0.25, -0.2) is 17.7 Å². The third-order valence-corrected chi connectivity index (χ3v) is 7.23. The van der Waals surface area contributed by atoms with Gasteiger partial charge < -0.3 is 14.2 Å². The molecule has 0 bridgehead atoms. The van der Waals surface area contributed by atoms with Crippen molar-refractivity contribution in [2.24, 2.45) is 0 Å². The van der Waals surface area contributed by atoms with Gasteiger partial charge in [0.1, 0.15) is 16.4 Å². The third kappa shape index (κ3) is 3.87. The minimum absolute atomic E-state index is 0.0532. The van der Waals surface area contributed by atoms with E-state index in [1.165, 1.54) is 44.6 Å². The third-order valence-electron chi connectivity index (χ3n) is 5.25. The molecule has 4 rings (SSSR count). The molecule has 172 valence electrons. The quantitative estimate of drug-likeness (QED) is 0.495. The summed E-state index contributed by atoms with van der Waals surface area (Å²) in [5.41, 5.74) is 1.10. The van der Waals surface area contributed by atoms with Crippen molar-refractivity contribution in [3.63, 3.8) is 0 Å². The first-order valence-corrected chi connectivity index (χ1v) is 11.8. The van der Waals surface area contributed by atoms with E-state index in [-0.39, 0.29) is 22.2 Å². The average molecular weight is 489 g/mol. The Balaban J connectivity index is 1.91. The van der Waals surface area contributed by atoms with Crippen LogP contribution < -0.4 is 18.5 Å². The number of amides is 1. The highest BCUT2D eigenvalue weighted by Crippen LogP contribution is 2.47. The summed E-state index contributed by atoms with van der Waals surface area (Å²) < 4.78 is 44.4. The number of methoxy groups -OCH3 is 2. The van der Waals surface area contributed by atoms with E-state index >= 15 is 0 Å². The number of halogens is 1. The lowest BCUT2D eigenvalue weighted by Crippen LogP contribution is -2.35. The Morgan fingerprint density at radius 3 is 2.55 bits per heavy atom. The van der Waals surface area contributed by atoms with Gasteiger partial charge in [-0.15, -0.1) is 0 Å². The van der Waals surface area contributed by atoms with Crippen LogP contribution in [0.1, 0.15) is 24.0 Å². The number of aromatic nitrogens is 1. The molecule has 2 aromatic carbocycles. The van der Waals surface area contributed by atoms with Crippen molar-refractivity contribution in [1.82, 2.24) is 4.98 Å². The van der Waals surface area contributed by atoms with E-state index in [4.69, 9.17) is 25.8 Å². The molecule has 0 radical (unpaired) electrons. The van der Waals surface area contributed by atoms with Gasteiger partial charge in [0.2, 0.25) is 5.88 Å². The summed E-state index contributed by atoms with van der Waals surface area (Å²) >= 11 is 6.22. The predicted molar refractivity (Wildman–Crippen MR) is 123 cm³/mol. The number of pyridine rings is 1. The zero-order chi connectivity index (χ0) is 23.8. The Hall–Kier alpha value is -3.30. The predicted octanol–water partition coefficient (Wildman–Crippen LogP) is 4.02. The molecule has 1 aliphatic heterocycles. The fourth-order valence-corrected chi connectivity index (χ4v) is 5.61. The van der Waals surface area contributed by atoms with Gasteiger partial charge in [-0.1, -0.05) is 17.7 Å². The summed E-state index contributed by atoms with van der Waals surface area (Å²) in [6.07, 6.45) is 1.55. The molecular weight excluding hydrogens is 468 g/mol. The maximum absolute atomic E-state index is 13.8. The van der Waals surface area contributed by atoms with Crippen LogP contribution in [0.25, 0.3) is 0 Å². The second kappa shape index (κ2) is 8.92. The van der Waals surface area contributed by atoms with E-state index in [0.717, 1.165) is 4.31 Å². The van der Waals surface area contributed by atoms with Crippen molar-refractivity contribution < 1.29 is 27.4 Å². The lowest BCUT2D eigenvalue weighted by molar-refractivity contribution is -0.117. The number of fused-ring (bicyclic) bond motifs is 1. The summed E-state index contributed by atoms with van der Waals surface area (Å²) in [5, 5.41) is 0.370. The molecule has 1 unspecified atom stereocenters. The van der Waals surface area contributed by atoms with Crippen LogP contribution in [0.2, 0.25) is 5.02 Å². The number of nitrogens with zero attached hydrogens (tertiary/aromatic N) is 2. The second-order valence-electron chi connectivity index (χ2n) is 7.09. The zero-order valence-electron chi connectivity index (χ0n) is 18.1. The summed E-state index contributed by atoms with van der Waals surface area (Å²) in [5.74, 6) is -0.907. The number of ether oxygens (including phenoxy) is 3. The van der Waals surface area contributed by atoms with Crippen LogP contribution in [-0.2, 0) is 14.8 Å². The molecule has 0 fully saturated rings. The Labute approximate surface area is 196 Å². The molecule has 0 N–H and O–H groups in total. The first-order valence-electron chi connectivity index (χ1n) is 10.0. The van der Waals surface area contributed by atoms with E-state index < -0.39 is 21.8 Å². The van der Waals surface area contributed by atoms with Gasteiger partial charge in [0.25, 0.3) is 15.9 Å². The number of rotatable bonds is 7. The molecule has 0 saturated carbocycles. The standard InChI is InChI=1S/C23H21ClN2O6S/c1-4-32-22-16(6-5-11-25-22)21-17-12-14(24)7-9-18(17)26(23(21)27)33(28,29)20-10-8-15(30-2)13-19(20)31-3/h5-13,21H,4H2,1-3H3. The smallest absolute Gasteiger partial charge is 0.274 e. The largest absolute Gasteiger partial charge is 0.497 e. The molecule has 0 aliphatic carbocycles. The summed E-state index contributed by atoms with van der Waals surface area (Å²) in [7, 11) is -1.54. The topological polar surface area (TPSA) is 95.0 Å². The summed E-state index contributed by atoms with van der Waals surface area (Å²) in [6, 6.07) is 12.3.